The second-order valence-electron chi connectivity index (χ2n) is 8.13. The molecule has 0 saturated heterocycles. The van der Waals surface area contributed by atoms with Gasteiger partial charge >= 0.3 is 5.97 Å². The van der Waals surface area contributed by atoms with Gasteiger partial charge in [0.25, 0.3) is 0 Å². The van der Waals surface area contributed by atoms with Gasteiger partial charge in [-0.05, 0) is 31.5 Å². The summed E-state index contributed by atoms with van der Waals surface area (Å²) >= 11 is 0. The Labute approximate surface area is 165 Å². The monoisotopic (exact) mass is 391 g/mol. The van der Waals surface area contributed by atoms with E-state index in [0.29, 0.717) is 24.5 Å². The first kappa shape index (κ1) is 20.5. The first-order valence-corrected chi connectivity index (χ1v) is 9.60. The number of carboxylic acids is 1. The van der Waals surface area contributed by atoms with Crippen LogP contribution >= 0.6 is 0 Å². The van der Waals surface area contributed by atoms with Gasteiger partial charge in [0.1, 0.15) is 17.0 Å². The predicted octanol–water partition coefficient (Wildman–Crippen LogP) is 2.58. The van der Waals surface area contributed by atoms with Crippen molar-refractivity contribution >= 4 is 11.9 Å². The lowest BCUT2D eigenvalue weighted by atomic mass is 9.54. The molecule has 1 amide bonds. The molecule has 7 heteroatoms. The second-order valence-corrected chi connectivity index (χ2v) is 8.13. The summed E-state index contributed by atoms with van der Waals surface area (Å²) in [4.78, 5) is 25.0. The molecule has 4 unspecified atom stereocenters. The number of amides is 1. The average Bonchev–Trinajstić information content (AvgIpc) is 3.46. The molecule has 0 radical (unpaired) electrons. The van der Waals surface area contributed by atoms with Gasteiger partial charge in [-0.1, -0.05) is 13.8 Å². The van der Waals surface area contributed by atoms with Gasteiger partial charge in [-0.15, -0.1) is 0 Å². The average molecular weight is 391 g/mol. The number of methoxy groups -OCH3 is 2. The first-order valence-electron chi connectivity index (χ1n) is 9.60. The van der Waals surface area contributed by atoms with Crippen LogP contribution in [0.4, 0.5) is 0 Å². The molecular weight excluding hydrogens is 362 g/mol. The predicted molar refractivity (Wildman–Crippen MR) is 103 cm³/mol. The summed E-state index contributed by atoms with van der Waals surface area (Å²) in [6, 6.07) is 5.51. The zero-order chi connectivity index (χ0) is 20.7. The van der Waals surface area contributed by atoms with Crippen LogP contribution in [0.25, 0.3) is 0 Å². The van der Waals surface area contributed by atoms with Crippen LogP contribution in [0, 0.1) is 11.3 Å². The molecule has 0 bridgehead atoms. The zero-order valence-electron chi connectivity index (χ0n) is 17.1. The highest BCUT2D eigenvalue weighted by Gasteiger charge is 2.67. The van der Waals surface area contributed by atoms with E-state index < -0.39 is 16.9 Å². The number of benzene rings is 1. The van der Waals surface area contributed by atoms with Crippen LogP contribution in [0.5, 0.6) is 11.5 Å². The Morgan fingerprint density at radius 1 is 1.25 bits per heavy atom. The molecule has 2 saturated carbocycles. The van der Waals surface area contributed by atoms with Crippen LogP contribution in [0.15, 0.2) is 18.2 Å². The van der Waals surface area contributed by atoms with Gasteiger partial charge in [0, 0.05) is 35.8 Å². The molecule has 2 aliphatic carbocycles. The van der Waals surface area contributed by atoms with Gasteiger partial charge in [-0.2, -0.15) is 0 Å². The fourth-order valence-electron chi connectivity index (χ4n) is 4.30. The highest BCUT2D eigenvalue weighted by Crippen LogP contribution is 2.54. The van der Waals surface area contributed by atoms with E-state index in [-0.39, 0.29) is 30.3 Å². The summed E-state index contributed by atoms with van der Waals surface area (Å²) in [6.45, 7) is 6.06. The minimum absolute atomic E-state index is 0.0122. The third-order valence-electron chi connectivity index (χ3n) is 6.43. The second kappa shape index (κ2) is 7.28. The summed E-state index contributed by atoms with van der Waals surface area (Å²) in [6.07, 6.45) is 0.734. The number of aliphatic carboxylic acids is 1. The molecule has 28 heavy (non-hydrogen) atoms. The zero-order valence-corrected chi connectivity index (χ0v) is 17.1. The third kappa shape index (κ3) is 3.11. The fourth-order valence-corrected chi connectivity index (χ4v) is 4.30. The molecule has 1 aromatic rings. The number of carbonyl (C=O) groups excluding carboxylic acids is 1. The Morgan fingerprint density at radius 2 is 1.96 bits per heavy atom. The number of ether oxygens (including phenoxy) is 3. The van der Waals surface area contributed by atoms with Crippen molar-refractivity contribution in [2.45, 2.75) is 51.2 Å². The molecule has 2 fully saturated rings. The smallest absolute Gasteiger partial charge is 0.330 e. The van der Waals surface area contributed by atoms with Crippen molar-refractivity contribution in [3.8, 4) is 11.5 Å². The Kier molecular flexibility index (Phi) is 5.32. The number of nitrogens with one attached hydrogen (secondary N) is 1. The van der Waals surface area contributed by atoms with Gasteiger partial charge in [0.2, 0.25) is 5.91 Å². The van der Waals surface area contributed by atoms with Crippen molar-refractivity contribution in [2.75, 3.05) is 20.8 Å². The van der Waals surface area contributed by atoms with E-state index in [4.69, 9.17) is 14.2 Å². The number of carboxylic acid groups (broad SMARTS) is 1. The van der Waals surface area contributed by atoms with E-state index in [9.17, 15) is 14.7 Å². The van der Waals surface area contributed by atoms with Crippen LogP contribution in [-0.2, 0) is 14.3 Å². The van der Waals surface area contributed by atoms with Crippen LogP contribution in [0.2, 0.25) is 0 Å². The lowest BCUT2D eigenvalue weighted by Gasteiger charge is -2.58. The Morgan fingerprint density at radius 3 is 2.50 bits per heavy atom. The van der Waals surface area contributed by atoms with E-state index in [1.807, 2.05) is 39.0 Å². The molecular formula is C21H29NO6. The maximum Gasteiger partial charge on any atom is 0.330 e. The maximum absolute atomic E-state index is 12.9. The Hall–Kier alpha value is -2.28. The standard InChI is InChI=1S/C21H29NO6/c1-6-28-17-11-21(19(24)25,20(17,2)3)22-18(23)15-10-13(15)14-9-12(26-4)7-8-16(14)27-5/h7-9,13,15,17H,6,10-11H2,1-5H3,(H,22,23)(H,24,25). The molecule has 3 rings (SSSR count). The molecule has 0 aromatic heterocycles. The van der Waals surface area contributed by atoms with Crippen LogP contribution in [0.1, 0.15) is 45.1 Å². The number of carbonyl (C=O) groups is 2. The minimum Gasteiger partial charge on any atom is -0.497 e. The molecule has 154 valence electrons. The summed E-state index contributed by atoms with van der Waals surface area (Å²) in [7, 11) is 3.18. The highest BCUT2D eigenvalue weighted by molar-refractivity contribution is 5.92. The van der Waals surface area contributed by atoms with E-state index >= 15 is 0 Å². The van der Waals surface area contributed by atoms with Crippen molar-refractivity contribution < 1.29 is 28.9 Å². The van der Waals surface area contributed by atoms with Crippen molar-refractivity contribution in [3.63, 3.8) is 0 Å². The normalized spacial score (nSPS) is 30.1. The van der Waals surface area contributed by atoms with Crippen molar-refractivity contribution in [2.24, 2.45) is 11.3 Å². The Balaban J connectivity index is 1.75. The van der Waals surface area contributed by atoms with E-state index in [1.54, 1.807) is 14.2 Å². The summed E-state index contributed by atoms with van der Waals surface area (Å²) in [5.41, 5.74) is -1.09. The molecule has 1 aromatic carbocycles. The fraction of sp³-hybridized carbons (Fsp3) is 0.619. The largest absolute Gasteiger partial charge is 0.497 e. The third-order valence-corrected chi connectivity index (χ3v) is 6.43. The summed E-state index contributed by atoms with van der Waals surface area (Å²) in [5.74, 6) is -0.141. The van der Waals surface area contributed by atoms with E-state index in [1.165, 1.54) is 0 Å². The van der Waals surface area contributed by atoms with Crippen LogP contribution in [0.3, 0.4) is 0 Å². The van der Waals surface area contributed by atoms with Gasteiger partial charge in [-0.25, -0.2) is 4.79 Å². The van der Waals surface area contributed by atoms with Crippen molar-refractivity contribution in [1.29, 1.82) is 0 Å². The quantitative estimate of drug-likeness (QED) is 0.707. The molecule has 2 aliphatic rings. The van der Waals surface area contributed by atoms with Crippen molar-refractivity contribution in [3.05, 3.63) is 23.8 Å². The number of hydrogen-bond donors (Lipinski definition) is 2. The maximum atomic E-state index is 12.9. The van der Waals surface area contributed by atoms with Gasteiger partial charge in [0.15, 0.2) is 0 Å². The molecule has 7 nitrogen and oxygen atoms in total. The molecule has 4 atom stereocenters. The minimum atomic E-state index is -1.31. The van der Waals surface area contributed by atoms with Crippen LogP contribution in [-0.4, -0.2) is 49.5 Å². The molecule has 2 N–H and O–H groups in total. The molecule has 0 heterocycles. The van der Waals surface area contributed by atoms with Gasteiger partial charge in [0.05, 0.1) is 20.3 Å². The summed E-state index contributed by atoms with van der Waals surface area (Å²) in [5, 5.41) is 12.7. The topological polar surface area (TPSA) is 94.1 Å². The van der Waals surface area contributed by atoms with E-state index in [2.05, 4.69) is 5.32 Å². The summed E-state index contributed by atoms with van der Waals surface area (Å²) < 4.78 is 16.4. The first-order chi connectivity index (χ1) is 13.2. The Bertz CT molecular complexity index is 776. The van der Waals surface area contributed by atoms with E-state index in [0.717, 1.165) is 5.56 Å². The molecule has 0 spiro atoms. The lowest BCUT2D eigenvalue weighted by Crippen LogP contribution is -2.76. The lowest BCUT2D eigenvalue weighted by molar-refractivity contribution is -0.194. The number of hydrogen-bond acceptors (Lipinski definition) is 5. The molecule has 0 aliphatic heterocycles. The number of rotatable bonds is 8. The van der Waals surface area contributed by atoms with Gasteiger partial charge in [-0.3, -0.25) is 4.79 Å². The SMILES string of the molecule is CCOC1CC(NC(=O)C2CC2c2cc(OC)ccc2OC)(C(=O)O)C1(C)C. The van der Waals surface area contributed by atoms with Crippen molar-refractivity contribution in [1.82, 2.24) is 5.32 Å². The highest BCUT2D eigenvalue weighted by atomic mass is 16.5. The van der Waals surface area contributed by atoms with Crippen LogP contribution < -0.4 is 14.8 Å². The van der Waals surface area contributed by atoms with Gasteiger partial charge < -0.3 is 24.6 Å².